The number of anilines is 2. The molecule has 1 fully saturated rings. The number of benzene rings is 1. The first-order valence-corrected chi connectivity index (χ1v) is 9.19. The van der Waals surface area contributed by atoms with Crippen molar-refractivity contribution in [1.29, 1.82) is 0 Å². The van der Waals surface area contributed by atoms with Crippen LogP contribution in [0.25, 0.3) is 0 Å². The fourth-order valence-electron chi connectivity index (χ4n) is 3.36. The van der Waals surface area contributed by atoms with Gasteiger partial charge in [0.25, 0.3) is 0 Å². The lowest BCUT2D eigenvalue weighted by molar-refractivity contribution is -0.133. The van der Waals surface area contributed by atoms with Crippen molar-refractivity contribution in [3.63, 3.8) is 0 Å². The van der Waals surface area contributed by atoms with Crippen LogP contribution in [0.1, 0.15) is 24.8 Å². The Hall–Kier alpha value is -2.63. The lowest BCUT2D eigenvalue weighted by atomic mass is 9.95. The van der Waals surface area contributed by atoms with Crippen molar-refractivity contribution in [3.8, 4) is 0 Å². The molecule has 6 heteroatoms. The number of rotatable bonds is 5. The Balaban J connectivity index is 1.64. The Labute approximate surface area is 155 Å². The van der Waals surface area contributed by atoms with Crippen LogP contribution < -0.4 is 9.80 Å². The minimum atomic E-state index is -0.0559. The number of carbonyl (C=O) groups excluding carboxylic acids is 1. The van der Waals surface area contributed by atoms with Crippen LogP contribution in [0.5, 0.6) is 0 Å². The summed E-state index contributed by atoms with van der Waals surface area (Å²) in [7, 11) is 3.98. The van der Waals surface area contributed by atoms with Gasteiger partial charge in [0.05, 0.1) is 17.8 Å². The van der Waals surface area contributed by atoms with E-state index in [0.29, 0.717) is 0 Å². The molecule has 0 unspecified atom stereocenters. The molecular formula is C20H27N5O. The molecule has 1 atom stereocenters. The van der Waals surface area contributed by atoms with E-state index in [1.54, 1.807) is 6.20 Å². The molecule has 0 bridgehead atoms. The van der Waals surface area contributed by atoms with Crippen molar-refractivity contribution in [2.24, 2.45) is 0 Å². The Morgan fingerprint density at radius 3 is 2.46 bits per heavy atom. The van der Waals surface area contributed by atoms with Crippen LogP contribution in [-0.4, -0.2) is 61.3 Å². The summed E-state index contributed by atoms with van der Waals surface area (Å²) in [5, 5.41) is 8.36. The van der Waals surface area contributed by atoms with Crippen LogP contribution in [0.3, 0.4) is 0 Å². The molecule has 1 aromatic heterocycles. The van der Waals surface area contributed by atoms with Gasteiger partial charge in [0.2, 0.25) is 5.91 Å². The molecule has 2 aromatic rings. The van der Waals surface area contributed by atoms with Crippen molar-refractivity contribution in [2.75, 3.05) is 50.1 Å². The highest BCUT2D eigenvalue weighted by molar-refractivity contribution is 5.84. The molecule has 0 N–H and O–H groups in total. The molecule has 2 heterocycles. The number of piperazine rings is 1. The van der Waals surface area contributed by atoms with Gasteiger partial charge in [-0.3, -0.25) is 4.79 Å². The number of carbonyl (C=O) groups is 1. The largest absolute Gasteiger partial charge is 0.376 e. The minimum absolute atomic E-state index is 0.0559. The topological polar surface area (TPSA) is 52.6 Å². The Bertz CT molecular complexity index is 726. The van der Waals surface area contributed by atoms with Crippen LogP contribution >= 0.6 is 0 Å². The van der Waals surface area contributed by atoms with Gasteiger partial charge in [0.1, 0.15) is 0 Å². The number of hydrogen-bond donors (Lipinski definition) is 0. The second-order valence-electron chi connectivity index (χ2n) is 6.85. The molecule has 1 saturated heterocycles. The predicted octanol–water partition coefficient (Wildman–Crippen LogP) is 2.38. The summed E-state index contributed by atoms with van der Waals surface area (Å²) in [6.07, 6.45) is 2.58. The lowest BCUT2D eigenvalue weighted by Gasteiger charge is -2.37. The minimum Gasteiger partial charge on any atom is -0.376 e. The summed E-state index contributed by atoms with van der Waals surface area (Å²) in [5.41, 5.74) is 2.13. The second kappa shape index (κ2) is 8.17. The monoisotopic (exact) mass is 353 g/mol. The standard InChI is InChI=1S/C20H27N5O/c1-4-18(16-8-6-5-7-9-16)20(26)25-12-10-24(11-13-25)19-14-17(23(2)3)15-21-22-19/h5-9,14-15,18H,4,10-13H2,1-3H3/t18-/m1/s1. The van der Waals surface area contributed by atoms with E-state index in [9.17, 15) is 4.79 Å². The van der Waals surface area contributed by atoms with E-state index in [0.717, 1.165) is 49.7 Å². The molecule has 0 saturated carbocycles. The highest BCUT2D eigenvalue weighted by Crippen LogP contribution is 2.24. The van der Waals surface area contributed by atoms with E-state index in [2.05, 4.69) is 22.0 Å². The average Bonchev–Trinajstić information content (AvgIpc) is 2.69. The Morgan fingerprint density at radius 1 is 1.15 bits per heavy atom. The molecule has 0 spiro atoms. The molecular weight excluding hydrogens is 326 g/mol. The Morgan fingerprint density at radius 2 is 1.85 bits per heavy atom. The average molecular weight is 353 g/mol. The fraction of sp³-hybridized carbons (Fsp3) is 0.450. The van der Waals surface area contributed by atoms with Gasteiger partial charge in [-0.15, -0.1) is 5.10 Å². The molecule has 138 valence electrons. The van der Waals surface area contributed by atoms with Gasteiger partial charge in [0.15, 0.2) is 5.82 Å². The van der Waals surface area contributed by atoms with Crippen molar-refractivity contribution >= 4 is 17.4 Å². The summed E-state index contributed by atoms with van der Waals surface area (Å²) in [6.45, 7) is 5.07. The lowest BCUT2D eigenvalue weighted by Crippen LogP contribution is -2.50. The summed E-state index contributed by atoms with van der Waals surface area (Å²) >= 11 is 0. The zero-order valence-corrected chi connectivity index (χ0v) is 15.8. The van der Waals surface area contributed by atoms with Crippen LogP contribution in [-0.2, 0) is 4.79 Å². The molecule has 1 aromatic carbocycles. The SMILES string of the molecule is CC[C@@H](C(=O)N1CCN(c2cc(N(C)C)cnn2)CC1)c1ccccc1. The highest BCUT2D eigenvalue weighted by atomic mass is 16.2. The third-order valence-electron chi connectivity index (χ3n) is 4.97. The molecule has 1 aliphatic rings. The normalized spacial score (nSPS) is 15.7. The van der Waals surface area contributed by atoms with E-state index < -0.39 is 0 Å². The van der Waals surface area contributed by atoms with E-state index in [1.165, 1.54) is 0 Å². The first-order valence-electron chi connectivity index (χ1n) is 9.19. The summed E-state index contributed by atoms with van der Waals surface area (Å²) in [5.74, 6) is 1.05. The van der Waals surface area contributed by atoms with Gasteiger partial charge in [-0.2, -0.15) is 5.10 Å². The maximum Gasteiger partial charge on any atom is 0.230 e. The van der Waals surface area contributed by atoms with Crippen molar-refractivity contribution in [3.05, 3.63) is 48.2 Å². The molecule has 6 nitrogen and oxygen atoms in total. The van der Waals surface area contributed by atoms with Crippen LogP contribution in [0, 0.1) is 0 Å². The van der Waals surface area contributed by atoms with E-state index in [1.807, 2.05) is 60.3 Å². The number of aromatic nitrogens is 2. The fourth-order valence-corrected chi connectivity index (χ4v) is 3.36. The zero-order chi connectivity index (χ0) is 18.5. The first-order chi connectivity index (χ1) is 12.6. The van der Waals surface area contributed by atoms with Crippen molar-refractivity contribution < 1.29 is 4.79 Å². The van der Waals surface area contributed by atoms with Gasteiger partial charge < -0.3 is 14.7 Å². The maximum absolute atomic E-state index is 13.0. The molecule has 3 rings (SSSR count). The first kappa shape index (κ1) is 18.2. The number of hydrogen-bond acceptors (Lipinski definition) is 5. The van der Waals surface area contributed by atoms with E-state index in [4.69, 9.17) is 0 Å². The molecule has 1 aliphatic heterocycles. The smallest absolute Gasteiger partial charge is 0.230 e. The van der Waals surface area contributed by atoms with Gasteiger partial charge in [-0.05, 0) is 12.0 Å². The van der Waals surface area contributed by atoms with Gasteiger partial charge >= 0.3 is 0 Å². The summed E-state index contributed by atoms with van der Waals surface area (Å²) in [4.78, 5) is 19.2. The second-order valence-corrected chi connectivity index (χ2v) is 6.85. The van der Waals surface area contributed by atoms with Crippen LogP contribution in [0.15, 0.2) is 42.6 Å². The predicted molar refractivity (Wildman–Crippen MR) is 105 cm³/mol. The van der Waals surface area contributed by atoms with Gasteiger partial charge in [-0.1, -0.05) is 37.3 Å². The molecule has 0 radical (unpaired) electrons. The van der Waals surface area contributed by atoms with Gasteiger partial charge in [-0.25, -0.2) is 0 Å². The molecule has 0 aliphatic carbocycles. The van der Waals surface area contributed by atoms with E-state index >= 15 is 0 Å². The van der Waals surface area contributed by atoms with Crippen molar-refractivity contribution in [2.45, 2.75) is 19.3 Å². The Kier molecular flexibility index (Phi) is 5.71. The van der Waals surface area contributed by atoms with Crippen molar-refractivity contribution in [1.82, 2.24) is 15.1 Å². The third kappa shape index (κ3) is 3.95. The maximum atomic E-state index is 13.0. The molecule has 1 amide bonds. The third-order valence-corrected chi connectivity index (χ3v) is 4.97. The quantitative estimate of drug-likeness (QED) is 0.826. The summed E-state index contributed by atoms with van der Waals surface area (Å²) < 4.78 is 0. The highest BCUT2D eigenvalue weighted by Gasteiger charge is 2.28. The van der Waals surface area contributed by atoms with Crippen LogP contribution in [0.2, 0.25) is 0 Å². The zero-order valence-electron chi connectivity index (χ0n) is 15.8. The number of amides is 1. The van der Waals surface area contributed by atoms with Crippen LogP contribution in [0.4, 0.5) is 11.5 Å². The summed E-state index contributed by atoms with van der Waals surface area (Å²) in [6, 6.07) is 12.1. The molecule has 26 heavy (non-hydrogen) atoms. The number of nitrogens with zero attached hydrogens (tertiary/aromatic N) is 5. The van der Waals surface area contributed by atoms with E-state index in [-0.39, 0.29) is 11.8 Å². The van der Waals surface area contributed by atoms with Gasteiger partial charge in [0, 0.05) is 46.3 Å².